The highest BCUT2D eigenvalue weighted by Gasteiger charge is 2.25. The van der Waals surface area contributed by atoms with Gasteiger partial charge in [0, 0.05) is 16.7 Å². The number of hydrogen-bond acceptors (Lipinski definition) is 4. The first-order valence-corrected chi connectivity index (χ1v) is 8.23. The molecule has 1 atom stereocenters. The highest BCUT2D eigenvalue weighted by atomic mass is 79.9. The quantitative estimate of drug-likeness (QED) is 0.841. The first-order valence-electron chi connectivity index (χ1n) is 5.24. The van der Waals surface area contributed by atoms with Gasteiger partial charge in [-0.15, -0.1) is 0 Å². The molecule has 17 heavy (non-hydrogen) atoms. The van der Waals surface area contributed by atoms with E-state index in [1.54, 1.807) is 12.3 Å². The molecule has 0 spiro atoms. The van der Waals surface area contributed by atoms with Gasteiger partial charge >= 0.3 is 0 Å². The Balaban J connectivity index is 2.13. The Hall–Kier alpha value is -0.330. The van der Waals surface area contributed by atoms with Crippen molar-refractivity contribution < 1.29 is 8.42 Å². The van der Waals surface area contributed by atoms with Gasteiger partial charge in [-0.1, -0.05) is 11.6 Å². The molecule has 1 N–H and O–H groups in total. The second-order valence-corrected chi connectivity index (χ2v) is 7.59. The van der Waals surface area contributed by atoms with Gasteiger partial charge in [-0.2, -0.15) is 0 Å². The van der Waals surface area contributed by atoms with Crippen molar-refractivity contribution in [1.29, 1.82) is 0 Å². The minimum Gasteiger partial charge on any atom is -0.379 e. The van der Waals surface area contributed by atoms with Gasteiger partial charge in [0.2, 0.25) is 0 Å². The number of rotatable bonds is 2. The number of nitrogens with zero attached hydrogens (tertiary/aromatic N) is 1. The Labute approximate surface area is 114 Å². The van der Waals surface area contributed by atoms with Crippen molar-refractivity contribution in [2.45, 2.75) is 18.9 Å². The molecule has 0 aliphatic carbocycles. The topological polar surface area (TPSA) is 59.1 Å². The molecule has 0 bridgehead atoms. The average Bonchev–Trinajstić information content (AvgIpc) is 2.22. The van der Waals surface area contributed by atoms with Crippen molar-refractivity contribution in [2.24, 2.45) is 0 Å². The molecule has 1 fully saturated rings. The number of nitrogens with one attached hydrogen (secondary N) is 1. The SMILES string of the molecule is O=S1(=O)CCCC(Nc2cc(Br)cnc2Cl)C1. The zero-order valence-electron chi connectivity index (χ0n) is 8.99. The van der Waals surface area contributed by atoms with Crippen LogP contribution in [0.15, 0.2) is 16.7 Å². The summed E-state index contributed by atoms with van der Waals surface area (Å²) in [4.78, 5) is 3.99. The molecule has 1 unspecified atom stereocenters. The van der Waals surface area contributed by atoms with E-state index >= 15 is 0 Å². The maximum absolute atomic E-state index is 11.5. The number of pyridine rings is 1. The third-order valence-corrected chi connectivity index (χ3v) is 5.18. The van der Waals surface area contributed by atoms with Gasteiger partial charge in [0.05, 0.1) is 17.2 Å². The Kier molecular flexibility index (Phi) is 3.95. The van der Waals surface area contributed by atoms with E-state index in [1.165, 1.54) is 0 Å². The summed E-state index contributed by atoms with van der Waals surface area (Å²) < 4.78 is 23.8. The van der Waals surface area contributed by atoms with Gasteiger partial charge in [-0.05, 0) is 34.8 Å². The van der Waals surface area contributed by atoms with Crippen molar-refractivity contribution in [2.75, 3.05) is 16.8 Å². The maximum Gasteiger partial charge on any atom is 0.152 e. The summed E-state index contributed by atoms with van der Waals surface area (Å²) in [5.41, 5.74) is 0.670. The molecule has 94 valence electrons. The first-order chi connectivity index (χ1) is 7.96. The van der Waals surface area contributed by atoms with E-state index in [-0.39, 0.29) is 17.5 Å². The summed E-state index contributed by atoms with van der Waals surface area (Å²) in [5, 5.41) is 3.50. The summed E-state index contributed by atoms with van der Waals surface area (Å²) in [6.07, 6.45) is 3.13. The minimum atomic E-state index is -2.91. The van der Waals surface area contributed by atoms with Crippen LogP contribution in [0.4, 0.5) is 5.69 Å². The third kappa shape index (κ3) is 3.56. The van der Waals surface area contributed by atoms with E-state index in [4.69, 9.17) is 11.6 Å². The number of hydrogen-bond donors (Lipinski definition) is 1. The second kappa shape index (κ2) is 5.12. The van der Waals surface area contributed by atoms with E-state index in [1.807, 2.05) is 0 Å². The molecule has 1 saturated heterocycles. The highest BCUT2D eigenvalue weighted by molar-refractivity contribution is 9.10. The molecule has 1 aliphatic rings. The molecule has 0 saturated carbocycles. The lowest BCUT2D eigenvalue weighted by Gasteiger charge is -2.24. The van der Waals surface area contributed by atoms with E-state index in [2.05, 4.69) is 26.2 Å². The lowest BCUT2D eigenvalue weighted by atomic mass is 10.2. The fraction of sp³-hybridized carbons (Fsp3) is 0.500. The van der Waals surface area contributed by atoms with Crippen LogP contribution >= 0.6 is 27.5 Å². The molecular weight excluding hydrogens is 328 g/mol. The van der Waals surface area contributed by atoms with Crippen LogP contribution in [0.1, 0.15) is 12.8 Å². The van der Waals surface area contributed by atoms with Crippen LogP contribution in [-0.4, -0.2) is 30.9 Å². The van der Waals surface area contributed by atoms with Crippen molar-refractivity contribution >= 4 is 43.1 Å². The lowest BCUT2D eigenvalue weighted by Crippen LogP contribution is -2.34. The first kappa shape index (κ1) is 13.1. The normalized spacial score (nSPS) is 23.3. The number of sulfone groups is 1. The fourth-order valence-corrected chi connectivity index (χ4v) is 4.01. The van der Waals surface area contributed by atoms with Crippen LogP contribution in [0.3, 0.4) is 0 Å². The average molecular weight is 340 g/mol. The van der Waals surface area contributed by atoms with Gasteiger partial charge in [0.15, 0.2) is 15.0 Å². The standard InChI is InChI=1S/C10H12BrClN2O2S/c11-7-4-9(10(12)13-5-7)14-8-2-1-3-17(15,16)6-8/h4-5,8,14H,1-3,6H2. The van der Waals surface area contributed by atoms with Crippen molar-refractivity contribution in [1.82, 2.24) is 4.98 Å². The lowest BCUT2D eigenvalue weighted by molar-refractivity contribution is 0.562. The van der Waals surface area contributed by atoms with E-state index in [0.29, 0.717) is 17.3 Å². The molecule has 1 aromatic rings. The number of aromatic nitrogens is 1. The largest absolute Gasteiger partial charge is 0.379 e. The minimum absolute atomic E-state index is 0.0812. The van der Waals surface area contributed by atoms with Crippen LogP contribution < -0.4 is 5.32 Å². The second-order valence-electron chi connectivity index (χ2n) is 4.09. The van der Waals surface area contributed by atoms with E-state index in [0.717, 1.165) is 10.9 Å². The Morgan fingerprint density at radius 2 is 2.29 bits per heavy atom. The monoisotopic (exact) mass is 338 g/mol. The van der Waals surface area contributed by atoms with Gasteiger partial charge in [-0.3, -0.25) is 0 Å². The number of halogens is 2. The highest BCUT2D eigenvalue weighted by Crippen LogP contribution is 2.25. The van der Waals surface area contributed by atoms with Crippen LogP contribution in [0.5, 0.6) is 0 Å². The Morgan fingerprint density at radius 3 is 3.00 bits per heavy atom. The molecule has 0 aromatic carbocycles. The van der Waals surface area contributed by atoms with Gasteiger partial charge < -0.3 is 5.32 Å². The maximum atomic E-state index is 11.5. The molecule has 1 aromatic heterocycles. The molecule has 4 nitrogen and oxygen atoms in total. The van der Waals surface area contributed by atoms with Crippen molar-refractivity contribution in [3.8, 4) is 0 Å². The van der Waals surface area contributed by atoms with Gasteiger partial charge in [-0.25, -0.2) is 13.4 Å². The summed E-state index contributed by atoms with van der Waals surface area (Å²) in [6.45, 7) is 0. The number of anilines is 1. The summed E-state index contributed by atoms with van der Waals surface area (Å²) >= 11 is 9.25. The van der Waals surface area contributed by atoms with Gasteiger partial charge in [0.1, 0.15) is 0 Å². The molecule has 1 aliphatic heterocycles. The van der Waals surface area contributed by atoms with Crippen LogP contribution in [0.25, 0.3) is 0 Å². The molecular formula is C10H12BrClN2O2S. The van der Waals surface area contributed by atoms with Crippen LogP contribution in [0.2, 0.25) is 5.15 Å². The third-order valence-electron chi connectivity index (χ3n) is 2.63. The van der Waals surface area contributed by atoms with Crippen molar-refractivity contribution in [3.63, 3.8) is 0 Å². The molecule has 2 heterocycles. The zero-order valence-corrected chi connectivity index (χ0v) is 12.1. The Morgan fingerprint density at radius 1 is 1.53 bits per heavy atom. The Bertz CT molecular complexity index is 521. The molecule has 2 rings (SSSR count). The van der Waals surface area contributed by atoms with E-state index < -0.39 is 9.84 Å². The molecule has 0 amide bonds. The summed E-state index contributed by atoms with van der Waals surface area (Å²) in [7, 11) is -2.91. The van der Waals surface area contributed by atoms with Crippen molar-refractivity contribution in [3.05, 3.63) is 21.9 Å². The summed E-state index contributed by atoms with van der Waals surface area (Å²) in [5.74, 6) is 0.450. The predicted octanol–water partition coefficient (Wildman–Crippen LogP) is 2.49. The van der Waals surface area contributed by atoms with Crippen LogP contribution in [0, 0.1) is 0 Å². The molecule has 7 heteroatoms. The van der Waals surface area contributed by atoms with Gasteiger partial charge in [0.25, 0.3) is 0 Å². The zero-order chi connectivity index (χ0) is 12.5. The smallest absolute Gasteiger partial charge is 0.152 e. The predicted molar refractivity (Wildman–Crippen MR) is 72.2 cm³/mol. The van der Waals surface area contributed by atoms with Crippen LogP contribution in [-0.2, 0) is 9.84 Å². The van der Waals surface area contributed by atoms with E-state index in [9.17, 15) is 8.42 Å². The summed E-state index contributed by atoms with van der Waals surface area (Å²) in [6, 6.07) is 1.72. The molecule has 0 radical (unpaired) electrons. The fourth-order valence-electron chi connectivity index (χ4n) is 1.88.